The SMILES string of the molecule is COc1ccc(Br)cc1C(C(=O)O)N1CCNCC1. The first-order valence-electron chi connectivity index (χ1n) is 6.14. The van der Waals surface area contributed by atoms with Crippen molar-refractivity contribution < 1.29 is 14.6 Å². The Morgan fingerprint density at radius 2 is 2.16 bits per heavy atom. The fraction of sp³-hybridized carbons (Fsp3) is 0.462. The second-order valence-electron chi connectivity index (χ2n) is 4.41. The van der Waals surface area contributed by atoms with Crippen molar-refractivity contribution in [1.29, 1.82) is 0 Å². The van der Waals surface area contributed by atoms with Crippen molar-refractivity contribution in [2.45, 2.75) is 6.04 Å². The van der Waals surface area contributed by atoms with Gasteiger partial charge in [0.05, 0.1) is 7.11 Å². The van der Waals surface area contributed by atoms with Crippen LogP contribution in [-0.2, 0) is 4.79 Å². The summed E-state index contributed by atoms with van der Waals surface area (Å²) in [6, 6.07) is 4.78. The van der Waals surface area contributed by atoms with Crippen molar-refractivity contribution in [3.05, 3.63) is 28.2 Å². The van der Waals surface area contributed by atoms with Gasteiger partial charge in [-0.3, -0.25) is 9.69 Å². The third-order valence-corrected chi connectivity index (χ3v) is 3.73. The largest absolute Gasteiger partial charge is 0.496 e. The summed E-state index contributed by atoms with van der Waals surface area (Å²) >= 11 is 3.39. The first-order chi connectivity index (χ1) is 9.13. The van der Waals surface area contributed by atoms with E-state index in [1.54, 1.807) is 13.2 Å². The first kappa shape index (κ1) is 14.3. The number of aliphatic carboxylic acids is 1. The molecule has 104 valence electrons. The lowest BCUT2D eigenvalue weighted by molar-refractivity contribution is -0.144. The molecule has 1 atom stereocenters. The molecule has 19 heavy (non-hydrogen) atoms. The fourth-order valence-corrected chi connectivity index (χ4v) is 2.72. The van der Waals surface area contributed by atoms with Crippen LogP contribution in [0.2, 0.25) is 0 Å². The normalized spacial score (nSPS) is 18.0. The smallest absolute Gasteiger partial charge is 0.325 e. The third-order valence-electron chi connectivity index (χ3n) is 3.24. The highest BCUT2D eigenvalue weighted by molar-refractivity contribution is 9.10. The van der Waals surface area contributed by atoms with Gasteiger partial charge >= 0.3 is 5.97 Å². The average Bonchev–Trinajstić information content (AvgIpc) is 2.40. The molecular formula is C13H17BrN2O3. The molecule has 2 N–H and O–H groups in total. The van der Waals surface area contributed by atoms with Crippen LogP contribution in [0.15, 0.2) is 22.7 Å². The number of carboxylic acid groups (broad SMARTS) is 1. The van der Waals surface area contributed by atoms with Gasteiger partial charge in [-0.2, -0.15) is 0 Å². The highest BCUT2D eigenvalue weighted by Crippen LogP contribution is 2.32. The molecule has 0 bridgehead atoms. The molecule has 1 heterocycles. The Morgan fingerprint density at radius 3 is 2.74 bits per heavy atom. The number of benzene rings is 1. The lowest BCUT2D eigenvalue weighted by atomic mass is 10.0. The number of halogens is 1. The number of rotatable bonds is 4. The number of carboxylic acids is 1. The van der Waals surface area contributed by atoms with E-state index in [4.69, 9.17) is 4.74 Å². The molecule has 1 aromatic carbocycles. The van der Waals surface area contributed by atoms with Gasteiger partial charge in [0.15, 0.2) is 0 Å². The molecule has 0 radical (unpaired) electrons. The standard InChI is InChI=1S/C13H17BrN2O3/c1-19-11-3-2-9(14)8-10(11)12(13(17)18)16-6-4-15-5-7-16/h2-3,8,12,15H,4-7H2,1H3,(H,17,18). The van der Waals surface area contributed by atoms with Crippen molar-refractivity contribution in [2.24, 2.45) is 0 Å². The highest BCUT2D eigenvalue weighted by atomic mass is 79.9. The molecule has 2 rings (SSSR count). The van der Waals surface area contributed by atoms with Gasteiger partial charge in [0, 0.05) is 36.2 Å². The van der Waals surface area contributed by atoms with Gasteiger partial charge in [0.1, 0.15) is 11.8 Å². The van der Waals surface area contributed by atoms with E-state index in [9.17, 15) is 9.90 Å². The Morgan fingerprint density at radius 1 is 1.47 bits per heavy atom. The van der Waals surface area contributed by atoms with Gasteiger partial charge in [-0.25, -0.2) is 0 Å². The van der Waals surface area contributed by atoms with Crippen LogP contribution in [0.5, 0.6) is 5.75 Å². The minimum absolute atomic E-state index is 0.606. The predicted octanol–water partition coefficient (Wildman–Crippen LogP) is 1.49. The van der Waals surface area contributed by atoms with Crippen molar-refractivity contribution in [1.82, 2.24) is 10.2 Å². The molecule has 6 heteroatoms. The number of carbonyl (C=O) groups is 1. The Kier molecular flexibility index (Phi) is 4.79. The summed E-state index contributed by atoms with van der Waals surface area (Å²) in [7, 11) is 1.56. The molecule has 0 aromatic heterocycles. The van der Waals surface area contributed by atoms with Crippen molar-refractivity contribution >= 4 is 21.9 Å². The molecule has 1 saturated heterocycles. The van der Waals surface area contributed by atoms with Gasteiger partial charge in [0.2, 0.25) is 0 Å². The van der Waals surface area contributed by atoms with Gasteiger partial charge in [0.25, 0.3) is 0 Å². The monoisotopic (exact) mass is 328 g/mol. The van der Waals surface area contributed by atoms with Crippen LogP contribution in [-0.4, -0.2) is 49.3 Å². The van der Waals surface area contributed by atoms with Crippen LogP contribution >= 0.6 is 15.9 Å². The van der Waals surface area contributed by atoms with E-state index in [-0.39, 0.29) is 0 Å². The summed E-state index contributed by atoms with van der Waals surface area (Å²) in [6.07, 6.45) is 0. The number of hydrogen-bond acceptors (Lipinski definition) is 4. The number of piperazine rings is 1. The number of methoxy groups -OCH3 is 1. The van der Waals surface area contributed by atoms with E-state index in [0.29, 0.717) is 24.4 Å². The Balaban J connectivity index is 2.37. The molecule has 5 nitrogen and oxygen atoms in total. The Bertz CT molecular complexity index is 461. The maximum atomic E-state index is 11.6. The molecule has 1 aliphatic heterocycles. The topological polar surface area (TPSA) is 61.8 Å². The molecule has 0 aliphatic carbocycles. The molecule has 1 aliphatic rings. The quantitative estimate of drug-likeness (QED) is 0.876. The Labute approximate surface area is 120 Å². The van der Waals surface area contributed by atoms with Crippen LogP contribution < -0.4 is 10.1 Å². The minimum Gasteiger partial charge on any atom is -0.496 e. The average molecular weight is 329 g/mol. The molecule has 0 amide bonds. The maximum Gasteiger partial charge on any atom is 0.325 e. The van der Waals surface area contributed by atoms with Crippen LogP contribution in [0.4, 0.5) is 0 Å². The summed E-state index contributed by atoms with van der Waals surface area (Å²) in [6.45, 7) is 3.04. The minimum atomic E-state index is -0.849. The van der Waals surface area contributed by atoms with Crippen molar-refractivity contribution in [3.8, 4) is 5.75 Å². The molecule has 1 aromatic rings. The lowest BCUT2D eigenvalue weighted by Crippen LogP contribution is -2.47. The van der Waals surface area contributed by atoms with Gasteiger partial charge in [-0.15, -0.1) is 0 Å². The van der Waals surface area contributed by atoms with E-state index < -0.39 is 12.0 Å². The van der Waals surface area contributed by atoms with Crippen LogP contribution in [0.1, 0.15) is 11.6 Å². The van der Waals surface area contributed by atoms with Gasteiger partial charge in [-0.05, 0) is 18.2 Å². The first-order valence-corrected chi connectivity index (χ1v) is 6.94. The number of nitrogens with zero attached hydrogens (tertiary/aromatic N) is 1. The van der Waals surface area contributed by atoms with Crippen LogP contribution in [0.3, 0.4) is 0 Å². The molecule has 1 unspecified atom stereocenters. The molecule has 0 spiro atoms. The van der Waals surface area contributed by atoms with Gasteiger partial charge in [-0.1, -0.05) is 15.9 Å². The third kappa shape index (κ3) is 3.26. The van der Waals surface area contributed by atoms with E-state index in [1.807, 2.05) is 17.0 Å². The van der Waals surface area contributed by atoms with Crippen molar-refractivity contribution in [3.63, 3.8) is 0 Å². The number of hydrogen-bond donors (Lipinski definition) is 2. The van der Waals surface area contributed by atoms with E-state index in [0.717, 1.165) is 17.6 Å². The zero-order valence-electron chi connectivity index (χ0n) is 10.7. The molecular weight excluding hydrogens is 312 g/mol. The van der Waals surface area contributed by atoms with Gasteiger partial charge < -0.3 is 15.2 Å². The van der Waals surface area contributed by atoms with Crippen molar-refractivity contribution in [2.75, 3.05) is 33.3 Å². The second-order valence-corrected chi connectivity index (χ2v) is 5.33. The van der Waals surface area contributed by atoms with Crippen LogP contribution in [0, 0.1) is 0 Å². The summed E-state index contributed by atoms with van der Waals surface area (Å²) in [5, 5.41) is 12.8. The molecule has 0 saturated carbocycles. The highest BCUT2D eigenvalue weighted by Gasteiger charge is 2.30. The Hall–Kier alpha value is -1.11. The van der Waals surface area contributed by atoms with E-state index >= 15 is 0 Å². The zero-order valence-corrected chi connectivity index (χ0v) is 12.3. The lowest BCUT2D eigenvalue weighted by Gasteiger charge is -2.33. The maximum absolute atomic E-state index is 11.6. The predicted molar refractivity (Wildman–Crippen MR) is 75.5 cm³/mol. The summed E-state index contributed by atoms with van der Waals surface area (Å²) in [5.74, 6) is -0.243. The summed E-state index contributed by atoms with van der Waals surface area (Å²) in [4.78, 5) is 13.6. The second kappa shape index (κ2) is 6.36. The zero-order chi connectivity index (χ0) is 13.8. The number of nitrogens with one attached hydrogen (secondary N) is 1. The van der Waals surface area contributed by atoms with E-state index in [1.165, 1.54) is 0 Å². The van der Waals surface area contributed by atoms with Crippen LogP contribution in [0.25, 0.3) is 0 Å². The summed E-state index contributed by atoms with van der Waals surface area (Å²) < 4.78 is 6.15. The fourth-order valence-electron chi connectivity index (χ4n) is 2.35. The number of ether oxygens (including phenoxy) is 1. The molecule has 1 fully saturated rings. The summed E-state index contributed by atoms with van der Waals surface area (Å²) in [5.41, 5.74) is 0.686. The van der Waals surface area contributed by atoms with E-state index in [2.05, 4.69) is 21.2 Å².